The van der Waals surface area contributed by atoms with E-state index in [1.807, 2.05) is 37.3 Å². The van der Waals surface area contributed by atoms with Gasteiger partial charge in [-0.3, -0.25) is 0 Å². The number of anilines is 1. The molecule has 1 aliphatic rings. The van der Waals surface area contributed by atoms with E-state index in [1.54, 1.807) is 35.7 Å². The number of hydrogen-bond acceptors (Lipinski definition) is 6. The molecule has 4 aromatic rings. The second-order valence-corrected chi connectivity index (χ2v) is 11.5. The molecule has 1 aromatic heterocycles. The van der Waals surface area contributed by atoms with Crippen molar-refractivity contribution in [2.45, 2.75) is 25.2 Å². The fourth-order valence-corrected chi connectivity index (χ4v) is 6.14. The maximum absolute atomic E-state index is 13.3. The van der Waals surface area contributed by atoms with Crippen LogP contribution in [-0.4, -0.2) is 56.0 Å². The number of ether oxygens (including phenoxy) is 1. The van der Waals surface area contributed by atoms with Crippen molar-refractivity contribution in [2.75, 3.05) is 38.2 Å². The first-order valence-corrected chi connectivity index (χ1v) is 14.2. The Morgan fingerprint density at radius 2 is 1.47 bits per heavy atom. The number of rotatable bonds is 7. The quantitative estimate of drug-likeness (QED) is 0.341. The summed E-state index contributed by atoms with van der Waals surface area (Å²) in [6.07, 6.45) is 0.709. The number of aromatic nitrogens is 2. The highest BCUT2D eigenvalue weighted by Crippen LogP contribution is 2.29. The van der Waals surface area contributed by atoms with Crippen LogP contribution in [0.25, 0.3) is 11.4 Å². The van der Waals surface area contributed by atoms with E-state index in [9.17, 15) is 8.42 Å². The minimum atomic E-state index is -3.60. The summed E-state index contributed by atoms with van der Waals surface area (Å²) in [5, 5.41) is 0. The van der Waals surface area contributed by atoms with Crippen LogP contribution in [0.2, 0.25) is 0 Å². The highest BCUT2D eigenvalue weighted by molar-refractivity contribution is 7.89. The summed E-state index contributed by atoms with van der Waals surface area (Å²) < 4.78 is 33.3. The zero-order chi connectivity index (χ0) is 26.7. The molecule has 0 radical (unpaired) electrons. The number of hydrogen-bond donors (Lipinski definition) is 0. The Bertz CT molecular complexity index is 1500. The number of piperazine rings is 1. The maximum Gasteiger partial charge on any atom is 0.243 e. The summed E-state index contributed by atoms with van der Waals surface area (Å²) in [6, 6.07) is 25.1. The van der Waals surface area contributed by atoms with Crippen molar-refractivity contribution in [3.05, 3.63) is 101 Å². The predicted molar refractivity (Wildman–Crippen MR) is 150 cm³/mol. The molecule has 0 unspecified atom stereocenters. The Hall–Kier alpha value is -3.75. The lowest BCUT2D eigenvalue weighted by Gasteiger charge is -2.36. The van der Waals surface area contributed by atoms with E-state index in [2.05, 4.69) is 36.1 Å². The van der Waals surface area contributed by atoms with Crippen LogP contribution >= 0.6 is 0 Å². The second kappa shape index (κ2) is 10.9. The Labute approximate surface area is 224 Å². The van der Waals surface area contributed by atoms with E-state index in [0.717, 1.165) is 22.6 Å². The van der Waals surface area contributed by atoms with Crippen molar-refractivity contribution in [1.29, 1.82) is 0 Å². The van der Waals surface area contributed by atoms with Gasteiger partial charge in [0.25, 0.3) is 0 Å². The van der Waals surface area contributed by atoms with Gasteiger partial charge in [-0.25, -0.2) is 18.4 Å². The van der Waals surface area contributed by atoms with Gasteiger partial charge in [0, 0.05) is 49.4 Å². The van der Waals surface area contributed by atoms with E-state index in [4.69, 9.17) is 14.7 Å². The van der Waals surface area contributed by atoms with Gasteiger partial charge < -0.3 is 9.64 Å². The smallest absolute Gasteiger partial charge is 0.243 e. The molecule has 0 amide bonds. The second-order valence-electron chi connectivity index (χ2n) is 9.53. The molecule has 38 heavy (non-hydrogen) atoms. The highest BCUT2D eigenvalue weighted by Gasteiger charge is 2.30. The molecule has 5 rings (SSSR count). The van der Waals surface area contributed by atoms with E-state index >= 15 is 0 Å². The van der Waals surface area contributed by atoms with Crippen LogP contribution < -0.4 is 9.64 Å². The summed E-state index contributed by atoms with van der Waals surface area (Å²) in [5.41, 5.74) is 5.33. The minimum absolute atomic E-state index is 0.274. The first-order valence-electron chi connectivity index (χ1n) is 12.7. The molecule has 0 atom stereocenters. The van der Waals surface area contributed by atoms with Crippen molar-refractivity contribution in [3.63, 3.8) is 0 Å². The molecule has 7 nitrogen and oxygen atoms in total. The van der Waals surface area contributed by atoms with Gasteiger partial charge in [-0.15, -0.1) is 0 Å². The largest absolute Gasteiger partial charge is 0.497 e. The van der Waals surface area contributed by atoms with Crippen molar-refractivity contribution in [3.8, 4) is 17.1 Å². The van der Waals surface area contributed by atoms with Gasteiger partial charge >= 0.3 is 0 Å². The molecule has 1 aliphatic heterocycles. The zero-order valence-corrected chi connectivity index (χ0v) is 22.8. The van der Waals surface area contributed by atoms with Crippen LogP contribution in [0.4, 0.5) is 5.82 Å². The molecular weight excluding hydrogens is 496 g/mol. The first kappa shape index (κ1) is 25.9. The normalized spacial score (nSPS) is 14.4. The Morgan fingerprint density at radius 3 is 2.11 bits per heavy atom. The van der Waals surface area contributed by atoms with Gasteiger partial charge in [0.15, 0.2) is 5.82 Å². The summed E-state index contributed by atoms with van der Waals surface area (Å²) in [4.78, 5) is 12.4. The Kier molecular flexibility index (Phi) is 7.44. The van der Waals surface area contributed by atoms with Crippen LogP contribution in [0.5, 0.6) is 5.75 Å². The van der Waals surface area contributed by atoms with Gasteiger partial charge in [0.1, 0.15) is 11.6 Å². The Morgan fingerprint density at radius 1 is 0.816 bits per heavy atom. The molecule has 0 saturated carbocycles. The number of benzene rings is 3. The third-order valence-electron chi connectivity index (χ3n) is 6.96. The molecule has 0 N–H and O–H groups in total. The third kappa shape index (κ3) is 5.42. The molecule has 3 aromatic carbocycles. The van der Waals surface area contributed by atoms with Crippen molar-refractivity contribution < 1.29 is 13.2 Å². The Balaban J connectivity index is 1.44. The van der Waals surface area contributed by atoms with Gasteiger partial charge in [0.05, 0.1) is 12.0 Å². The van der Waals surface area contributed by atoms with Gasteiger partial charge in [-0.05, 0) is 43.7 Å². The lowest BCUT2D eigenvalue weighted by Crippen LogP contribution is -2.49. The number of sulfonamides is 1. The predicted octanol–water partition coefficient (Wildman–Crippen LogP) is 4.87. The number of nitrogens with zero attached hydrogens (tertiary/aromatic N) is 4. The summed E-state index contributed by atoms with van der Waals surface area (Å²) in [6.45, 7) is 5.93. The SMILES string of the molecule is COc1ccc(S(=O)(=O)N2CCN(c3nc(-c4ccc(C)cc4)nc(C)c3Cc3ccccc3)CC2)cc1. The van der Waals surface area contributed by atoms with Crippen LogP contribution in [0.1, 0.15) is 22.4 Å². The van der Waals surface area contributed by atoms with Gasteiger partial charge in [-0.1, -0.05) is 60.2 Å². The number of aryl methyl sites for hydroxylation is 2. The zero-order valence-electron chi connectivity index (χ0n) is 22.0. The average Bonchev–Trinajstić information content (AvgIpc) is 2.95. The van der Waals surface area contributed by atoms with E-state index in [-0.39, 0.29) is 4.90 Å². The van der Waals surface area contributed by atoms with E-state index in [1.165, 1.54) is 11.1 Å². The van der Waals surface area contributed by atoms with Crippen LogP contribution in [0, 0.1) is 13.8 Å². The van der Waals surface area contributed by atoms with Crippen molar-refractivity contribution in [2.24, 2.45) is 0 Å². The summed E-state index contributed by atoms with van der Waals surface area (Å²) in [5.74, 6) is 2.18. The maximum atomic E-state index is 13.3. The third-order valence-corrected chi connectivity index (χ3v) is 8.87. The topological polar surface area (TPSA) is 75.6 Å². The fourth-order valence-electron chi connectivity index (χ4n) is 4.72. The lowest BCUT2D eigenvalue weighted by molar-refractivity contribution is 0.383. The monoisotopic (exact) mass is 528 g/mol. The van der Waals surface area contributed by atoms with Crippen molar-refractivity contribution in [1.82, 2.24) is 14.3 Å². The molecule has 2 heterocycles. The lowest BCUT2D eigenvalue weighted by atomic mass is 10.0. The molecule has 0 aliphatic carbocycles. The molecule has 0 spiro atoms. The van der Waals surface area contributed by atoms with Crippen LogP contribution in [0.3, 0.4) is 0 Å². The average molecular weight is 529 g/mol. The van der Waals surface area contributed by atoms with Crippen molar-refractivity contribution >= 4 is 15.8 Å². The van der Waals surface area contributed by atoms with Crippen LogP contribution in [-0.2, 0) is 16.4 Å². The standard InChI is InChI=1S/C30H32N4O3S/c1-22-9-11-25(12-10-22)29-31-23(2)28(21-24-7-5-4-6-8-24)30(32-29)33-17-19-34(20-18-33)38(35,36)27-15-13-26(37-3)14-16-27/h4-16H,17-21H2,1-3H3. The molecule has 8 heteroatoms. The first-order chi connectivity index (χ1) is 18.3. The fraction of sp³-hybridized carbons (Fsp3) is 0.267. The van der Waals surface area contributed by atoms with E-state index in [0.29, 0.717) is 44.2 Å². The minimum Gasteiger partial charge on any atom is -0.497 e. The van der Waals surface area contributed by atoms with Gasteiger partial charge in [-0.2, -0.15) is 4.31 Å². The van der Waals surface area contributed by atoms with Gasteiger partial charge in [0.2, 0.25) is 10.0 Å². The molecular formula is C30H32N4O3S. The molecule has 1 fully saturated rings. The summed E-state index contributed by atoms with van der Waals surface area (Å²) >= 11 is 0. The number of methoxy groups -OCH3 is 1. The summed E-state index contributed by atoms with van der Waals surface area (Å²) in [7, 11) is -2.03. The van der Waals surface area contributed by atoms with Crippen LogP contribution in [0.15, 0.2) is 83.8 Å². The molecule has 196 valence electrons. The molecule has 0 bridgehead atoms. The highest BCUT2D eigenvalue weighted by atomic mass is 32.2. The van der Waals surface area contributed by atoms with E-state index < -0.39 is 10.0 Å². The molecule has 1 saturated heterocycles.